The number of anilines is 1. The molecule has 0 unspecified atom stereocenters. The average Bonchev–Trinajstić information content (AvgIpc) is 2.96. The SMILES string of the molecule is NCC#Cc1cc(C(=O)Nc2ccon2)cs1. The van der Waals surface area contributed by atoms with E-state index in [4.69, 9.17) is 5.73 Å². The van der Waals surface area contributed by atoms with Gasteiger partial charge in [0.15, 0.2) is 5.82 Å². The van der Waals surface area contributed by atoms with Crippen LogP contribution in [0, 0.1) is 11.8 Å². The van der Waals surface area contributed by atoms with Crippen molar-refractivity contribution in [2.45, 2.75) is 0 Å². The molecule has 2 heterocycles. The highest BCUT2D eigenvalue weighted by molar-refractivity contribution is 7.10. The highest BCUT2D eigenvalue weighted by Gasteiger charge is 2.09. The van der Waals surface area contributed by atoms with E-state index in [2.05, 4.69) is 26.8 Å². The second kappa shape index (κ2) is 5.30. The molecule has 0 aromatic carbocycles. The van der Waals surface area contributed by atoms with Crippen molar-refractivity contribution in [3.63, 3.8) is 0 Å². The number of hydrogen-bond donors (Lipinski definition) is 2. The van der Waals surface area contributed by atoms with Crippen LogP contribution in [0.5, 0.6) is 0 Å². The molecule has 0 saturated heterocycles. The van der Waals surface area contributed by atoms with E-state index in [9.17, 15) is 4.79 Å². The fraction of sp³-hybridized carbons (Fsp3) is 0.0909. The maximum absolute atomic E-state index is 11.7. The molecule has 6 heteroatoms. The van der Waals surface area contributed by atoms with Crippen molar-refractivity contribution in [1.82, 2.24) is 5.16 Å². The van der Waals surface area contributed by atoms with Crippen LogP contribution >= 0.6 is 11.3 Å². The summed E-state index contributed by atoms with van der Waals surface area (Å²) in [4.78, 5) is 12.5. The molecule has 0 aliphatic carbocycles. The van der Waals surface area contributed by atoms with Crippen molar-refractivity contribution in [3.8, 4) is 11.8 Å². The molecular formula is C11H9N3O2S. The minimum absolute atomic E-state index is 0.240. The smallest absolute Gasteiger partial charge is 0.257 e. The molecular weight excluding hydrogens is 238 g/mol. The first-order valence-electron chi connectivity index (χ1n) is 4.79. The summed E-state index contributed by atoms with van der Waals surface area (Å²) in [6.45, 7) is 0.304. The van der Waals surface area contributed by atoms with Crippen molar-refractivity contribution in [2.75, 3.05) is 11.9 Å². The van der Waals surface area contributed by atoms with Crippen LogP contribution in [0.25, 0.3) is 0 Å². The lowest BCUT2D eigenvalue weighted by Crippen LogP contribution is -2.10. The Morgan fingerprint density at radius 2 is 2.53 bits per heavy atom. The summed E-state index contributed by atoms with van der Waals surface area (Å²) >= 11 is 1.40. The molecule has 17 heavy (non-hydrogen) atoms. The zero-order valence-electron chi connectivity index (χ0n) is 8.77. The van der Waals surface area contributed by atoms with Gasteiger partial charge in [0.1, 0.15) is 6.26 Å². The molecule has 2 rings (SSSR count). The van der Waals surface area contributed by atoms with E-state index in [1.807, 2.05) is 0 Å². The van der Waals surface area contributed by atoms with E-state index in [-0.39, 0.29) is 5.91 Å². The standard InChI is InChI=1S/C11H9N3O2S/c12-4-1-2-9-6-8(7-17-9)11(15)13-10-3-5-16-14-10/h3,5-7H,4,12H2,(H,13,14,15). The van der Waals surface area contributed by atoms with Crippen LogP contribution < -0.4 is 11.1 Å². The molecule has 0 saturated carbocycles. The summed E-state index contributed by atoms with van der Waals surface area (Å²) in [7, 11) is 0. The Morgan fingerprint density at radius 3 is 3.24 bits per heavy atom. The largest absolute Gasteiger partial charge is 0.363 e. The maximum atomic E-state index is 11.7. The lowest BCUT2D eigenvalue weighted by Gasteiger charge is -1.96. The van der Waals surface area contributed by atoms with Crippen molar-refractivity contribution >= 4 is 23.1 Å². The molecule has 0 aliphatic rings. The maximum Gasteiger partial charge on any atom is 0.257 e. The van der Waals surface area contributed by atoms with Crippen LogP contribution in [0.4, 0.5) is 5.82 Å². The van der Waals surface area contributed by atoms with Gasteiger partial charge in [-0.15, -0.1) is 11.3 Å². The highest BCUT2D eigenvalue weighted by atomic mass is 32.1. The minimum Gasteiger partial charge on any atom is -0.363 e. The number of nitrogens with one attached hydrogen (secondary N) is 1. The molecule has 0 spiro atoms. The Kier molecular flexibility index (Phi) is 3.55. The van der Waals surface area contributed by atoms with Crippen LogP contribution in [0.15, 0.2) is 28.3 Å². The fourth-order valence-corrected chi connectivity index (χ4v) is 1.88. The summed E-state index contributed by atoms with van der Waals surface area (Å²) in [5.74, 6) is 5.74. The van der Waals surface area contributed by atoms with Gasteiger partial charge in [-0.3, -0.25) is 4.79 Å². The molecule has 2 aromatic rings. The Bertz CT molecular complexity index is 563. The van der Waals surface area contributed by atoms with E-state index >= 15 is 0 Å². The predicted molar refractivity (Wildman–Crippen MR) is 64.7 cm³/mol. The van der Waals surface area contributed by atoms with Gasteiger partial charge in [-0.25, -0.2) is 0 Å². The summed E-state index contributed by atoms with van der Waals surface area (Å²) in [6, 6.07) is 3.28. The molecule has 0 aliphatic heterocycles. The number of amides is 1. The summed E-state index contributed by atoms with van der Waals surface area (Å²) in [6.07, 6.45) is 1.39. The monoisotopic (exact) mass is 247 g/mol. The number of carbonyl (C=O) groups excluding carboxylic acids is 1. The predicted octanol–water partition coefficient (Wildman–Crippen LogP) is 1.30. The van der Waals surface area contributed by atoms with Gasteiger partial charge in [-0.1, -0.05) is 17.0 Å². The van der Waals surface area contributed by atoms with Gasteiger partial charge in [0.25, 0.3) is 5.91 Å². The lowest BCUT2D eigenvalue weighted by atomic mass is 10.3. The third-order valence-corrected chi connectivity index (χ3v) is 2.70. The third-order valence-electron chi connectivity index (χ3n) is 1.85. The average molecular weight is 247 g/mol. The first-order chi connectivity index (χ1) is 8.29. The second-order valence-electron chi connectivity index (χ2n) is 3.04. The third kappa shape index (κ3) is 2.93. The van der Waals surface area contributed by atoms with E-state index in [0.717, 1.165) is 4.88 Å². The van der Waals surface area contributed by atoms with Gasteiger partial charge in [-0.2, -0.15) is 0 Å². The van der Waals surface area contributed by atoms with Crippen LogP contribution in [0.1, 0.15) is 15.2 Å². The Hall–Kier alpha value is -2.10. The van der Waals surface area contributed by atoms with Gasteiger partial charge in [0.2, 0.25) is 0 Å². The first kappa shape index (κ1) is 11.4. The number of nitrogens with zero attached hydrogens (tertiary/aromatic N) is 1. The Labute approximate surface area is 102 Å². The van der Waals surface area contributed by atoms with Crippen LogP contribution in [-0.4, -0.2) is 17.6 Å². The van der Waals surface area contributed by atoms with Crippen LogP contribution in [0.3, 0.4) is 0 Å². The Balaban J connectivity index is 2.07. The van der Waals surface area contributed by atoms with Crippen LogP contribution in [0.2, 0.25) is 0 Å². The van der Waals surface area contributed by atoms with E-state index in [1.54, 1.807) is 17.5 Å². The van der Waals surface area contributed by atoms with E-state index in [1.165, 1.54) is 17.6 Å². The summed E-state index contributed by atoms with van der Waals surface area (Å²) in [5, 5.41) is 7.92. The number of rotatable bonds is 2. The number of carbonyl (C=O) groups is 1. The summed E-state index contributed by atoms with van der Waals surface area (Å²) in [5.41, 5.74) is 5.81. The zero-order valence-corrected chi connectivity index (χ0v) is 9.58. The van der Waals surface area contributed by atoms with Crippen molar-refractivity contribution in [2.24, 2.45) is 5.73 Å². The van der Waals surface area contributed by atoms with Gasteiger partial charge in [0, 0.05) is 11.4 Å². The first-order valence-corrected chi connectivity index (χ1v) is 5.67. The van der Waals surface area contributed by atoms with Gasteiger partial charge in [0.05, 0.1) is 17.0 Å². The summed E-state index contributed by atoms with van der Waals surface area (Å²) < 4.78 is 4.61. The number of thiophene rings is 1. The van der Waals surface area contributed by atoms with Crippen LogP contribution in [-0.2, 0) is 0 Å². The number of nitrogens with two attached hydrogens (primary N) is 1. The molecule has 86 valence electrons. The Morgan fingerprint density at radius 1 is 1.65 bits per heavy atom. The van der Waals surface area contributed by atoms with Gasteiger partial charge < -0.3 is 15.6 Å². The van der Waals surface area contributed by atoms with Crippen molar-refractivity contribution in [1.29, 1.82) is 0 Å². The normalized spacial score (nSPS) is 9.47. The molecule has 1 amide bonds. The molecule has 0 atom stereocenters. The zero-order chi connectivity index (χ0) is 12.1. The molecule has 3 N–H and O–H groups in total. The highest BCUT2D eigenvalue weighted by Crippen LogP contribution is 2.15. The molecule has 2 aromatic heterocycles. The second-order valence-corrected chi connectivity index (χ2v) is 3.96. The molecule has 0 fully saturated rings. The topological polar surface area (TPSA) is 81.2 Å². The number of aromatic nitrogens is 1. The van der Waals surface area contributed by atoms with Crippen molar-refractivity contribution < 1.29 is 9.32 Å². The minimum atomic E-state index is -0.240. The van der Waals surface area contributed by atoms with Gasteiger partial charge >= 0.3 is 0 Å². The fourth-order valence-electron chi connectivity index (χ4n) is 1.12. The van der Waals surface area contributed by atoms with E-state index < -0.39 is 0 Å². The molecule has 0 radical (unpaired) electrons. The quantitative estimate of drug-likeness (QED) is 0.784. The van der Waals surface area contributed by atoms with Crippen molar-refractivity contribution in [3.05, 3.63) is 34.2 Å². The number of hydrogen-bond acceptors (Lipinski definition) is 5. The van der Waals surface area contributed by atoms with Gasteiger partial charge in [-0.05, 0) is 6.07 Å². The molecule has 0 bridgehead atoms. The molecule has 5 nitrogen and oxygen atoms in total. The van der Waals surface area contributed by atoms with E-state index in [0.29, 0.717) is 17.9 Å². The lowest BCUT2D eigenvalue weighted by molar-refractivity contribution is 0.102.